The highest BCUT2D eigenvalue weighted by atomic mass is 19.2. The molecule has 0 aliphatic carbocycles. The summed E-state index contributed by atoms with van der Waals surface area (Å²) in [6.07, 6.45) is 7.14. The fraction of sp³-hybridized carbons (Fsp3) is 0.435. The molecule has 15 nitrogen and oxygen atoms in total. The number of carboxylic acids is 1. The summed E-state index contributed by atoms with van der Waals surface area (Å²) in [6.45, 7) is 7.00. The summed E-state index contributed by atoms with van der Waals surface area (Å²) < 4.78 is 64.9. The lowest BCUT2D eigenvalue weighted by Crippen LogP contribution is -2.51. The number of aromatic carboxylic acids is 1. The van der Waals surface area contributed by atoms with Gasteiger partial charge in [-0.3, -0.25) is 24.0 Å². The fourth-order valence-electron chi connectivity index (χ4n) is 8.18. The van der Waals surface area contributed by atoms with Crippen molar-refractivity contribution in [1.82, 2.24) is 19.8 Å². The molecule has 0 spiro atoms. The van der Waals surface area contributed by atoms with Crippen molar-refractivity contribution >= 4 is 46.6 Å². The molecule has 8 rings (SSSR count). The van der Waals surface area contributed by atoms with Crippen LogP contribution < -0.4 is 21.7 Å². The lowest BCUT2D eigenvalue weighted by Gasteiger charge is -2.34. The number of hydrogen-bond donors (Lipinski definition) is 5. The van der Waals surface area contributed by atoms with Crippen molar-refractivity contribution in [3.63, 3.8) is 0 Å². The van der Waals surface area contributed by atoms with E-state index in [1.807, 2.05) is 13.8 Å². The highest BCUT2D eigenvalue weighted by Crippen LogP contribution is 2.28. The normalized spacial score (nSPS) is 17.0. The molecule has 4 aliphatic heterocycles. The molecule has 19 heteroatoms. The van der Waals surface area contributed by atoms with Crippen LogP contribution in [0.2, 0.25) is 0 Å². The van der Waals surface area contributed by atoms with Crippen LogP contribution in [0.4, 0.5) is 28.9 Å². The van der Waals surface area contributed by atoms with E-state index in [9.17, 15) is 51.4 Å². The van der Waals surface area contributed by atoms with Gasteiger partial charge in [-0.1, -0.05) is 0 Å². The van der Waals surface area contributed by atoms with Crippen molar-refractivity contribution in [1.29, 1.82) is 0 Å². The first kappa shape index (κ1) is 48.1. The minimum Gasteiger partial charge on any atom is -0.478 e. The van der Waals surface area contributed by atoms with Crippen molar-refractivity contribution in [3.05, 3.63) is 106 Å². The molecule has 4 aliphatic rings. The number of carboxylic acid groups (broad SMARTS) is 1. The third-order valence-electron chi connectivity index (χ3n) is 12.0. The van der Waals surface area contributed by atoms with Gasteiger partial charge in [0, 0.05) is 79.4 Å². The number of ketones is 2. The van der Waals surface area contributed by atoms with E-state index in [1.54, 1.807) is 9.13 Å². The molecule has 0 radical (unpaired) electrons. The minimum absolute atomic E-state index is 0.0997. The maximum Gasteiger partial charge on any atom is 0.337 e. The summed E-state index contributed by atoms with van der Waals surface area (Å²) in [5, 5.41) is 17.5. The smallest absolute Gasteiger partial charge is 0.337 e. The van der Waals surface area contributed by atoms with Gasteiger partial charge in [-0.15, -0.1) is 0 Å². The van der Waals surface area contributed by atoms with E-state index in [1.165, 1.54) is 24.3 Å². The van der Waals surface area contributed by atoms with E-state index in [4.69, 9.17) is 15.2 Å². The molecule has 2 fully saturated rings. The Morgan fingerprint density at radius 2 is 1.06 bits per heavy atom. The molecule has 0 atom stereocenters. The molecule has 348 valence electrons. The topological polar surface area (TPSA) is 213 Å². The van der Waals surface area contributed by atoms with Gasteiger partial charge < -0.3 is 45.4 Å². The number of ether oxygens (including phenoxy) is 2. The predicted octanol–water partition coefficient (Wildman–Crippen LogP) is 6.16. The number of nitrogens with zero attached hydrogens (tertiary/aromatic N) is 2. The molecule has 2 saturated heterocycles. The Morgan fingerprint density at radius 1 is 0.615 bits per heavy atom. The molecule has 2 aromatic heterocycles. The number of nitrogens with one attached hydrogen (secondary N) is 3. The SMILES string of the molecule is CC1(NC(=O)C(=O)c2cc(C(=O)Nc3ccc(F)c(F)c3)c3n2CCCC3)CCOCC1.CC1(NC(=O)C(=O)c2cc(C(=O)O)c3n2CCCC3)CCOCC1.Nc1ccc(F)c(F)c1. The highest BCUT2D eigenvalue weighted by molar-refractivity contribution is 6.43. The van der Waals surface area contributed by atoms with Gasteiger partial charge in [0.15, 0.2) is 23.3 Å². The third-order valence-corrected chi connectivity index (χ3v) is 12.0. The summed E-state index contributed by atoms with van der Waals surface area (Å²) in [6, 6.07) is 9.08. The van der Waals surface area contributed by atoms with Gasteiger partial charge in [0.2, 0.25) is 0 Å². The van der Waals surface area contributed by atoms with Crippen LogP contribution in [0.15, 0.2) is 48.5 Å². The third kappa shape index (κ3) is 11.7. The largest absolute Gasteiger partial charge is 0.478 e. The average molecular weight is 909 g/mol. The zero-order valence-corrected chi connectivity index (χ0v) is 36.1. The number of nitrogen functional groups attached to an aromatic ring is 1. The molecule has 0 saturated carbocycles. The number of rotatable bonds is 9. The second-order valence-electron chi connectivity index (χ2n) is 17.0. The van der Waals surface area contributed by atoms with Gasteiger partial charge >= 0.3 is 5.97 Å². The van der Waals surface area contributed by atoms with Gasteiger partial charge in [0.25, 0.3) is 29.3 Å². The zero-order valence-electron chi connectivity index (χ0n) is 36.1. The number of hydrogen-bond acceptors (Lipinski definition) is 9. The van der Waals surface area contributed by atoms with E-state index >= 15 is 0 Å². The molecule has 6 N–H and O–H groups in total. The number of aromatic nitrogens is 2. The molecule has 0 bridgehead atoms. The van der Waals surface area contributed by atoms with Crippen molar-refractivity contribution in [2.24, 2.45) is 0 Å². The second-order valence-corrected chi connectivity index (χ2v) is 17.0. The molecule has 65 heavy (non-hydrogen) atoms. The van der Waals surface area contributed by atoms with E-state index < -0.39 is 69.6 Å². The van der Waals surface area contributed by atoms with Gasteiger partial charge in [0.1, 0.15) is 0 Å². The Labute approximate surface area is 372 Å². The molecule has 6 heterocycles. The first-order valence-corrected chi connectivity index (χ1v) is 21.4. The van der Waals surface area contributed by atoms with Crippen LogP contribution in [0.3, 0.4) is 0 Å². The van der Waals surface area contributed by atoms with Crippen molar-refractivity contribution < 1.29 is 60.9 Å². The molecular formula is C46H52F4N6O9. The maximum atomic E-state index is 13.5. The zero-order chi connectivity index (χ0) is 47.1. The number of benzene rings is 2. The molecule has 3 amide bonds. The number of nitrogens with two attached hydrogens (primary N) is 1. The minimum atomic E-state index is -1.07. The summed E-state index contributed by atoms with van der Waals surface area (Å²) >= 11 is 0. The number of carbonyl (C=O) groups excluding carboxylic acids is 5. The highest BCUT2D eigenvalue weighted by Gasteiger charge is 2.36. The Morgan fingerprint density at radius 3 is 1.51 bits per heavy atom. The molecule has 4 aromatic rings. The first-order chi connectivity index (χ1) is 30.9. The Balaban J connectivity index is 0.000000186. The number of halogens is 4. The van der Waals surface area contributed by atoms with Crippen LogP contribution >= 0.6 is 0 Å². The lowest BCUT2D eigenvalue weighted by atomic mass is 9.92. The Bertz CT molecular complexity index is 2470. The quantitative estimate of drug-likeness (QED) is 0.0559. The van der Waals surface area contributed by atoms with Crippen LogP contribution in [-0.2, 0) is 45.0 Å². The number of amides is 3. The lowest BCUT2D eigenvalue weighted by molar-refractivity contribution is -0.120. The second kappa shape index (κ2) is 20.7. The number of Topliss-reactive ketones (excluding diaryl/α,β-unsaturated/α-hetero) is 2. The molecule has 0 unspecified atom stereocenters. The van der Waals surface area contributed by atoms with Crippen LogP contribution in [0.5, 0.6) is 0 Å². The van der Waals surface area contributed by atoms with Gasteiger partial charge in [-0.2, -0.15) is 0 Å². The Kier molecular flexibility index (Phi) is 15.3. The summed E-state index contributed by atoms with van der Waals surface area (Å²) in [7, 11) is 0. The average Bonchev–Trinajstić information content (AvgIpc) is 3.87. The van der Waals surface area contributed by atoms with E-state index in [0.717, 1.165) is 49.9 Å². The summed E-state index contributed by atoms with van der Waals surface area (Å²) in [5.41, 5.74) is 6.48. The summed E-state index contributed by atoms with van der Waals surface area (Å²) in [4.78, 5) is 75.1. The van der Waals surface area contributed by atoms with E-state index in [2.05, 4.69) is 16.0 Å². The fourth-order valence-corrected chi connectivity index (χ4v) is 8.18. The number of carbonyl (C=O) groups is 6. The monoisotopic (exact) mass is 908 g/mol. The van der Waals surface area contributed by atoms with E-state index in [-0.39, 0.29) is 33.9 Å². The molecule has 2 aromatic carbocycles. The van der Waals surface area contributed by atoms with Gasteiger partial charge in [-0.25, -0.2) is 22.4 Å². The van der Waals surface area contributed by atoms with Crippen LogP contribution in [0, 0.1) is 23.3 Å². The van der Waals surface area contributed by atoms with Crippen LogP contribution in [0.1, 0.15) is 118 Å². The predicted molar refractivity (Wildman–Crippen MR) is 229 cm³/mol. The maximum absolute atomic E-state index is 13.5. The van der Waals surface area contributed by atoms with Crippen molar-refractivity contribution in [2.45, 2.75) is 102 Å². The summed E-state index contributed by atoms with van der Waals surface area (Å²) in [5.74, 6) is -8.23. The molecular weight excluding hydrogens is 857 g/mol. The van der Waals surface area contributed by atoms with Crippen LogP contribution in [0.25, 0.3) is 0 Å². The van der Waals surface area contributed by atoms with Crippen LogP contribution in [-0.4, -0.2) is 87.0 Å². The van der Waals surface area contributed by atoms with Gasteiger partial charge in [0.05, 0.1) is 22.5 Å². The number of anilines is 2. The van der Waals surface area contributed by atoms with E-state index in [0.29, 0.717) is 89.4 Å². The standard InChI is InChI=1S/C23H25F2N3O4.C17H22N2O5.C6H5F2N/c1-23(7-10-32-11-8-23)27-22(31)20(29)19-13-15(18-4-2-3-9-28(18)19)21(30)26-14-5-6-16(24)17(25)12-14;1-17(5-8-24-9-6-17)18-15(21)14(20)13-10-11(16(22)23)12-4-2-3-7-19(12)13;7-5-2-1-4(9)3-6(5)8/h5-6,12-13H,2-4,7-11H2,1H3,(H,26,30)(H,27,31);10H,2-9H2,1H3,(H,18,21)(H,22,23);1-3H,9H2. The Hall–Kier alpha value is -6.34. The van der Waals surface area contributed by atoms with Gasteiger partial charge in [-0.05, 0) is 121 Å². The van der Waals surface area contributed by atoms with Crippen molar-refractivity contribution in [2.75, 3.05) is 37.5 Å². The van der Waals surface area contributed by atoms with Crippen molar-refractivity contribution in [3.8, 4) is 0 Å². The first-order valence-electron chi connectivity index (χ1n) is 21.4. The number of fused-ring (bicyclic) bond motifs is 2.